The molecule has 142 valence electrons. The number of nitriles is 1. The zero-order chi connectivity index (χ0) is 20.5. The number of hydrogen-bond donors (Lipinski definition) is 1. The van der Waals surface area contributed by atoms with Gasteiger partial charge in [0.25, 0.3) is 0 Å². The van der Waals surface area contributed by atoms with Crippen LogP contribution in [-0.4, -0.2) is 19.5 Å². The van der Waals surface area contributed by atoms with Crippen LogP contribution >= 0.6 is 11.3 Å². The summed E-state index contributed by atoms with van der Waals surface area (Å²) < 4.78 is 25.8. The molecule has 0 bridgehead atoms. The summed E-state index contributed by atoms with van der Waals surface area (Å²) in [6.07, 6.45) is 0. The van der Waals surface area contributed by atoms with Gasteiger partial charge >= 0.3 is 5.97 Å². The van der Waals surface area contributed by atoms with E-state index in [1.54, 1.807) is 55.5 Å². The molecule has 0 fully saturated rings. The average Bonchev–Trinajstić information content (AvgIpc) is 3.04. The fourth-order valence-electron chi connectivity index (χ4n) is 3.00. The molecule has 0 atom stereocenters. The molecule has 0 radical (unpaired) electrons. The van der Waals surface area contributed by atoms with Gasteiger partial charge in [0.15, 0.2) is 9.84 Å². The highest BCUT2D eigenvalue weighted by Crippen LogP contribution is 2.34. The van der Waals surface area contributed by atoms with E-state index >= 15 is 0 Å². The number of carbonyl (C=O) groups is 1. The highest BCUT2D eigenvalue weighted by molar-refractivity contribution is 7.90. The van der Waals surface area contributed by atoms with Gasteiger partial charge in [-0.3, -0.25) is 0 Å². The quantitative estimate of drug-likeness (QED) is 0.663. The van der Waals surface area contributed by atoms with E-state index in [2.05, 4.69) is 0 Å². The van der Waals surface area contributed by atoms with Crippen molar-refractivity contribution in [1.82, 2.24) is 0 Å². The smallest absolute Gasteiger partial charge is 0.346 e. The summed E-state index contributed by atoms with van der Waals surface area (Å²) in [4.78, 5) is 12.5. The molecule has 2 aromatic carbocycles. The Hall–Kier alpha value is -2.95. The van der Waals surface area contributed by atoms with Crippen LogP contribution < -0.4 is 0 Å². The third-order valence-electron chi connectivity index (χ3n) is 4.31. The maximum absolute atomic E-state index is 12.9. The molecule has 1 heterocycles. The van der Waals surface area contributed by atoms with Crippen molar-refractivity contribution >= 4 is 27.1 Å². The summed E-state index contributed by atoms with van der Waals surface area (Å²) in [7, 11) is -3.70. The van der Waals surface area contributed by atoms with Crippen LogP contribution in [0.1, 0.15) is 31.9 Å². The summed E-state index contributed by atoms with van der Waals surface area (Å²) in [6.45, 7) is 3.61. The van der Waals surface area contributed by atoms with Crippen LogP contribution in [0.5, 0.6) is 0 Å². The number of benzene rings is 2. The highest BCUT2D eigenvalue weighted by atomic mass is 32.2. The van der Waals surface area contributed by atoms with Crippen molar-refractivity contribution in [2.75, 3.05) is 0 Å². The van der Waals surface area contributed by atoms with E-state index in [0.29, 0.717) is 16.0 Å². The summed E-state index contributed by atoms with van der Waals surface area (Å²) in [5, 5.41) is 18.4. The fraction of sp³-hybridized carbons (Fsp3) is 0.143. The van der Waals surface area contributed by atoms with Gasteiger partial charge in [-0.15, -0.1) is 11.3 Å². The zero-order valence-electron chi connectivity index (χ0n) is 15.3. The number of rotatable bonds is 5. The number of nitrogens with zero attached hydrogens (tertiary/aromatic N) is 1. The Morgan fingerprint density at radius 1 is 1.11 bits per heavy atom. The van der Waals surface area contributed by atoms with Crippen molar-refractivity contribution in [3.63, 3.8) is 0 Å². The maximum Gasteiger partial charge on any atom is 0.346 e. The Kier molecular flexibility index (Phi) is 5.36. The first-order chi connectivity index (χ1) is 13.2. The lowest BCUT2D eigenvalue weighted by atomic mass is 10.1. The molecule has 0 amide bonds. The van der Waals surface area contributed by atoms with Gasteiger partial charge < -0.3 is 5.11 Å². The Morgan fingerprint density at radius 3 is 2.36 bits per heavy atom. The van der Waals surface area contributed by atoms with Crippen LogP contribution in [-0.2, 0) is 15.6 Å². The molecule has 28 heavy (non-hydrogen) atoms. The van der Waals surface area contributed by atoms with Crippen molar-refractivity contribution < 1.29 is 18.3 Å². The van der Waals surface area contributed by atoms with E-state index < -0.39 is 15.8 Å². The minimum Gasteiger partial charge on any atom is -0.477 e. The van der Waals surface area contributed by atoms with Gasteiger partial charge in [-0.2, -0.15) is 5.26 Å². The number of sulfone groups is 1. The molecule has 1 N–H and O–H groups in total. The minimum absolute atomic E-state index is 0.00713. The predicted molar refractivity (Wildman–Crippen MR) is 108 cm³/mol. The largest absolute Gasteiger partial charge is 0.477 e. The average molecular weight is 412 g/mol. The van der Waals surface area contributed by atoms with Gasteiger partial charge in [0.1, 0.15) is 4.88 Å². The molecular formula is C21H17NO4S2. The van der Waals surface area contributed by atoms with Crippen molar-refractivity contribution in [3.05, 3.63) is 75.7 Å². The summed E-state index contributed by atoms with van der Waals surface area (Å²) in [5.41, 5.74) is 3.09. The van der Waals surface area contributed by atoms with E-state index in [1.807, 2.05) is 13.0 Å². The second kappa shape index (κ2) is 7.58. The monoisotopic (exact) mass is 411 g/mol. The van der Waals surface area contributed by atoms with Crippen molar-refractivity contribution in [2.45, 2.75) is 24.5 Å². The van der Waals surface area contributed by atoms with Gasteiger partial charge in [0.2, 0.25) is 0 Å². The number of carboxylic acid groups (broad SMARTS) is 1. The van der Waals surface area contributed by atoms with Gasteiger partial charge in [-0.25, -0.2) is 13.2 Å². The van der Waals surface area contributed by atoms with Crippen LogP contribution in [0.4, 0.5) is 0 Å². The standard InChI is InChI=1S/C21H17NO4S2/c1-13-3-8-19(14(2)9-13)28(25,26)12-17-10-18(27-20(17)21(23)24)16-6-4-15(11-22)5-7-16/h3-10H,12H2,1-2H3,(H,23,24). The molecule has 3 aromatic rings. The van der Waals surface area contributed by atoms with Gasteiger partial charge in [0.05, 0.1) is 22.3 Å². The molecule has 0 spiro atoms. The fourth-order valence-corrected chi connectivity index (χ4v) is 5.73. The van der Waals surface area contributed by atoms with E-state index in [1.165, 1.54) is 0 Å². The van der Waals surface area contributed by atoms with Crippen molar-refractivity contribution in [3.8, 4) is 16.5 Å². The zero-order valence-corrected chi connectivity index (χ0v) is 16.9. The van der Waals surface area contributed by atoms with Gasteiger partial charge in [-0.05, 0) is 54.8 Å². The number of aryl methyl sites for hydroxylation is 2. The second-order valence-corrected chi connectivity index (χ2v) is 9.50. The van der Waals surface area contributed by atoms with Crippen LogP contribution in [0.15, 0.2) is 53.4 Å². The topological polar surface area (TPSA) is 95.2 Å². The molecule has 5 nitrogen and oxygen atoms in total. The third kappa shape index (κ3) is 3.98. The molecule has 1 aromatic heterocycles. The van der Waals surface area contributed by atoms with Crippen LogP contribution in [0.3, 0.4) is 0 Å². The van der Waals surface area contributed by atoms with Crippen molar-refractivity contribution in [2.24, 2.45) is 0 Å². The van der Waals surface area contributed by atoms with E-state index in [4.69, 9.17) is 5.26 Å². The van der Waals surface area contributed by atoms with Gasteiger partial charge in [-0.1, -0.05) is 29.8 Å². The molecule has 0 unspecified atom stereocenters. The van der Waals surface area contributed by atoms with Crippen LogP contribution in [0, 0.1) is 25.2 Å². The SMILES string of the molecule is Cc1ccc(S(=O)(=O)Cc2cc(-c3ccc(C#N)cc3)sc2C(=O)O)c(C)c1. The maximum atomic E-state index is 12.9. The Bertz CT molecular complexity index is 1200. The summed E-state index contributed by atoms with van der Waals surface area (Å²) >= 11 is 1.03. The highest BCUT2D eigenvalue weighted by Gasteiger charge is 2.24. The molecule has 0 saturated carbocycles. The van der Waals surface area contributed by atoms with Crippen molar-refractivity contribution in [1.29, 1.82) is 5.26 Å². The molecule has 3 rings (SSSR count). The molecule has 0 aliphatic rings. The van der Waals surface area contributed by atoms with Gasteiger partial charge in [0, 0.05) is 4.88 Å². The first kappa shape index (κ1) is 19.8. The minimum atomic E-state index is -3.70. The molecular weight excluding hydrogens is 394 g/mol. The van der Waals surface area contributed by atoms with E-state index in [9.17, 15) is 18.3 Å². The first-order valence-corrected chi connectivity index (χ1v) is 10.8. The summed E-state index contributed by atoms with van der Waals surface area (Å²) in [5.74, 6) is -1.54. The lowest BCUT2D eigenvalue weighted by molar-refractivity contribution is 0.0701. The molecule has 0 aliphatic carbocycles. The Morgan fingerprint density at radius 2 is 1.79 bits per heavy atom. The van der Waals surface area contributed by atoms with E-state index in [-0.39, 0.29) is 21.1 Å². The predicted octanol–water partition coefficient (Wildman–Crippen LogP) is 4.58. The lowest BCUT2D eigenvalue weighted by Crippen LogP contribution is -2.09. The third-order valence-corrected chi connectivity index (χ3v) is 7.35. The first-order valence-electron chi connectivity index (χ1n) is 8.38. The lowest BCUT2D eigenvalue weighted by Gasteiger charge is -2.08. The number of thiophene rings is 1. The number of carboxylic acids is 1. The Balaban J connectivity index is 2.02. The molecule has 0 saturated heterocycles. The van der Waals surface area contributed by atoms with Crippen LogP contribution in [0.2, 0.25) is 0 Å². The van der Waals surface area contributed by atoms with E-state index in [0.717, 1.165) is 22.5 Å². The number of hydrogen-bond acceptors (Lipinski definition) is 5. The number of aromatic carboxylic acids is 1. The summed E-state index contributed by atoms with van der Waals surface area (Å²) in [6, 6.07) is 15.4. The normalized spacial score (nSPS) is 11.2. The second-order valence-electron chi connectivity index (χ2n) is 6.49. The Labute approximate surface area is 167 Å². The van der Waals surface area contributed by atoms with Crippen LogP contribution in [0.25, 0.3) is 10.4 Å². The molecule has 7 heteroatoms. The molecule has 0 aliphatic heterocycles.